The molecular weight excluding hydrogens is 358 g/mol. The third-order valence-corrected chi connectivity index (χ3v) is 5.38. The fourth-order valence-corrected chi connectivity index (χ4v) is 4.07. The minimum absolute atomic E-state index is 0.0793. The van der Waals surface area contributed by atoms with Gasteiger partial charge in [0.1, 0.15) is 0 Å². The second-order valence-electron chi connectivity index (χ2n) is 6.70. The maximum absolute atomic E-state index is 12.5. The van der Waals surface area contributed by atoms with E-state index in [0.29, 0.717) is 42.7 Å². The van der Waals surface area contributed by atoms with Gasteiger partial charge in [-0.25, -0.2) is 17.9 Å². The topological polar surface area (TPSA) is 127 Å². The van der Waals surface area contributed by atoms with Gasteiger partial charge in [-0.1, -0.05) is 0 Å². The van der Waals surface area contributed by atoms with Gasteiger partial charge in [0.25, 0.3) is 0 Å². The van der Waals surface area contributed by atoms with Gasteiger partial charge in [-0.05, 0) is 38.0 Å². The van der Waals surface area contributed by atoms with Crippen LogP contribution < -0.4 is 15.7 Å². The first-order valence-corrected chi connectivity index (χ1v) is 10.3. The Bertz CT molecular complexity index is 956. The van der Waals surface area contributed by atoms with E-state index in [4.69, 9.17) is 0 Å². The third kappa shape index (κ3) is 4.51. The Labute approximate surface area is 151 Å². The van der Waals surface area contributed by atoms with Crippen LogP contribution in [0.3, 0.4) is 0 Å². The highest BCUT2D eigenvalue weighted by atomic mass is 32.2. The second-order valence-corrected chi connectivity index (χ2v) is 8.49. The molecule has 0 aliphatic carbocycles. The van der Waals surface area contributed by atoms with Crippen LogP contribution in [0.5, 0.6) is 0 Å². The minimum atomic E-state index is -3.21. The number of piperidine rings is 1. The Morgan fingerprint density at radius 1 is 1.23 bits per heavy atom. The molecule has 1 atom stereocenters. The van der Waals surface area contributed by atoms with E-state index in [2.05, 4.69) is 20.0 Å². The molecule has 1 aliphatic heterocycles. The summed E-state index contributed by atoms with van der Waals surface area (Å²) >= 11 is 0. The van der Waals surface area contributed by atoms with Crippen LogP contribution in [-0.2, 0) is 14.8 Å². The molecule has 142 valence electrons. The van der Waals surface area contributed by atoms with Crippen molar-refractivity contribution in [3.05, 3.63) is 28.7 Å². The van der Waals surface area contributed by atoms with Gasteiger partial charge < -0.3 is 15.3 Å². The molecule has 1 saturated heterocycles. The van der Waals surface area contributed by atoms with Crippen LogP contribution in [0.1, 0.15) is 19.8 Å². The van der Waals surface area contributed by atoms with Crippen molar-refractivity contribution in [2.45, 2.75) is 31.8 Å². The molecule has 1 amide bonds. The number of carbonyl (C=O) groups is 1. The van der Waals surface area contributed by atoms with Crippen LogP contribution in [0.15, 0.2) is 23.0 Å². The van der Waals surface area contributed by atoms with Crippen LogP contribution in [0.25, 0.3) is 11.0 Å². The molecule has 0 bridgehead atoms. The molecule has 0 unspecified atom stereocenters. The third-order valence-electron chi connectivity index (χ3n) is 4.62. The van der Waals surface area contributed by atoms with Gasteiger partial charge in [-0.2, -0.15) is 0 Å². The summed E-state index contributed by atoms with van der Waals surface area (Å²) in [5.41, 5.74) is 1.63. The van der Waals surface area contributed by atoms with Crippen LogP contribution in [-0.4, -0.2) is 60.6 Å². The van der Waals surface area contributed by atoms with Gasteiger partial charge in [0, 0.05) is 24.8 Å². The molecule has 0 saturated carbocycles. The van der Waals surface area contributed by atoms with Gasteiger partial charge in [0.05, 0.1) is 23.3 Å². The van der Waals surface area contributed by atoms with Crippen LogP contribution in [0.4, 0.5) is 5.69 Å². The number of nitrogens with zero attached hydrogens (tertiary/aromatic N) is 1. The van der Waals surface area contributed by atoms with Crippen molar-refractivity contribution in [1.82, 2.24) is 19.6 Å². The van der Waals surface area contributed by atoms with E-state index < -0.39 is 10.0 Å². The Kier molecular flexibility index (Phi) is 5.17. The molecule has 1 fully saturated rings. The monoisotopic (exact) mass is 381 g/mol. The van der Waals surface area contributed by atoms with Crippen molar-refractivity contribution < 1.29 is 13.2 Å². The number of hydrogen-bond acceptors (Lipinski definition) is 5. The summed E-state index contributed by atoms with van der Waals surface area (Å²) in [5.74, 6) is -0.142. The maximum atomic E-state index is 12.5. The Morgan fingerprint density at radius 3 is 2.54 bits per heavy atom. The highest BCUT2D eigenvalue weighted by Crippen LogP contribution is 2.17. The summed E-state index contributed by atoms with van der Waals surface area (Å²) in [5, 5.41) is 2.86. The maximum Gasteiger partial charge on any atom is 0.323 e. The number of nitrogens with one attached hydrogen (secondary N) is 4. The zero-order chi connectivity index (χ0) is 18.9. The number of sulfonamides is 1. The van der Waals surface area contributed by atoms with Gasteiger partial charge in [-0.15, -0.1) is 0 Å². The molecule has 10 heteroatoms. The van der Waals surface area contributed by atoms with E-state index in [0.717, 1.165) is 6.26 Å². The SMILES string of the molecule is C[C@H](C(=O)Nc1ccc2[nH]c(=O)[nH]c2c1)N1CCC(NS(C)(=O)=O)CC1. The molecule has 0 radical (unpaired) electrons. The number of rotatable bonds is 5. The summed E-state index contributed by atoms with van der Waals surface area (Å²) in [6.07, 6.45) is 2.49. The van der Waals surface area contributed by atoms with Gasteiger partial charge in [-0.3, -0.25) is 9.69 Å². The largest absolute Gasteiger partial charge is 0.325 e. The first-order chi connectivity index (χ1) is 12.2. The summed E-state index contributed by atoms with van der Waals surface area (Å²) in [7, 11) is -3.21. The summed E-state index contributed by atoms with van der Waals surface area (Å²) < 4.78 is 25.2. The number of imidazole rings is 1. The predicted molar refractivity (Wildman–Crippen MR) is 99.6 cm³/mol. The lowest BCUT2D eigenvalue weighted by Crippen LogP contribution is -2.50. The fourth-order valence-electron chi connectivity index (χ4n) is 3.23. The smallest absolute Gasteiger partial charge is 0.323 e. The highest BCUT2D eigenvalue weighted by molar-refractivity contribution is 7.88. The Hall–Kier alpha value is -2.17. The summed E-state index contributed by atoms with van der Waals surface area (Å²) in [4.78, 5) is 31.2. The number of anilines is 1. The normalized spacial score (nSPS) is 18.1. The van der Waals surface area contributed by atoms with E-state index in [1.807, 2.05) is 11.8 Å². The first-order valence-electron chi connectivity index (χ1n) is 8.45. The molecule has 1 aromatic carbocycles. The molecule has 4 N–H and O–H groups in total. The van der Waals surface area contributed by atoms with E-state index in [9.17, 15) is 18.0 Å². The number of fused-ring (bicyclic) bond motifs is 1. The fraction of sp³-hybridized carbons (Fsp3) is 0.500. The van der Waals surface area contributed by atoms with Crippen molar-refractivity contribution in [1.29, 1.82) is 0 Å². The number of carbonyl (C=O) groups excluding carboxylic acids is 1. The Morgan fingerprint density at radius 2 is 1.88 bits per heavy atom. The molecule has 3 rings (SSSR count). The van der Waals surface area contributed by atoms with Crippen molar-refractivity contribution in [2.75, 3.05) is 24.7 Å². The van der Waals surface area contributed by atoms with E-state index >= 15 is 0 Å². The molecule has 2 heterocycles. The van der Waals surface area contributed by atoms with Crippen molar-refractivity contribution >= 4 is 32.7 Å². The summed E-state index contributed by atoms with van der Waals surface area (Å²) in [6, 6.07) is 4.76. The zero-order valence-corrected chi connectivity index (χ0v) is 15.5. The lowest BCUT2D eigenvalue weighted by molar-refractivity contribution is -0.121. The van der Waals surface area contributed by atoms with Crippen molar-refractivity contribution in [2.24, 2.45) is 0 Å². The quantitative estimate of drug-likeness (QED) is 0.588. The van der Waals surface area contributed by atoms with Crippen LogP contribution in [0.2, 0.25) is 0 Å². The number of likely N-dealkylation sites (tertiary alicyclic amines) is 1. The molecule has 1 aliphatic rings. The number of benzene rings is 1. The average molecular weight is 381 g/mol. The second kappa shape index (κ2) is 7.22. The molecule has 26 heavy (non-hydrogen) atoms. The van der Waals surface area contributed by atoms with E-state index in [-0.39, 0.29) is 23.7 Å². The molecule has 2 aromatic rings. The van der Waals surface area contributed by atoms with E-state index in [1.165, 1.54) is 0 Å². The van der Waals surface area contributed by atoms with Gasteiger partial charge >= 0.3 is 5.69 Å². The van der Waals surface area contributed by atoms with E-state index in [1.54, 1.807) is 18.2 Å². The number of amides is 1. The van der Waals surface area contributed by atoms with Crippen molar-refractivity contribution in [3.8, 4) is 0 Å². The highest BCUT2D eigenvalue weighted by Gasteiger charge is 2.27. The minimum Gasteiger partial charge on any atom is -0.325 e. The molecule has 9 nitrogen and oxygen atoms in total. The molecule has 0 spiro atoms. The lowest BCUT2D eigenvalue weighted by atomic mass is 10.0. The summed E-state index contributed by atoms with van der Waals surface area (Å²) in [6.45, 7) is 3.12. The van der Waals surface area contributed by atoms with Crippen LogP contribution >= 0.6 is 0 Å². The number of H-pyrrole nitrogens is 2. The molecular formula is C16H23N5O4S. The number of hydrogen-bond donors (Lipinski definition) is 4. The first kappa shape index (κ1) is 18.6. The van der Waals surface area contributed by atoms with Crippen molar-refractivity contribution in [3.63, 3.8) is 0 Å². The zero-order valence-electron chi connectivity index (χ0n) is 14.7. The predicted octanol–water partition coefficient (Wildman–Crippen LogP) is 0.197. The number of aromatic amines is 2. The Balaban J connectivity index is 1.58. The standard InChI is InChI=1S/C16H23N5O4S/c1-10(21-7-5-11(6-8-21)20-26(2,24)25)15(22)17-12-3-4-13-14(9-12)19-16(23)18-13/h3-4,9-11,20H,5-8H2,1-2H3,(H,17,22)(H2,18,19,23)/t10-/m1/s1. The van der Waals surface area contributed by atoms with Gasteiger partial charge in [0.15, 0.2) is 0 Å². The van der Waals surface area contributed by atoms with Crippen LogP contribution in [0, 0.1) is 0 Å². The molecule has 1 aromatic heterocycles. The number of aromatic nitrogens is 2. The lowest BCUT2D eigenvalue weighted by Gasteiger charge is -2.35. The average Bonchev–Trinajstić information content (AvgIpc) is 2.92. The van der Waals surface area contributed by atoms with Gasteiger partial charge in [0.2, 0.25) is 15.9 Å².